The van der Waals surface area contributed by atoms with E-state index in [1.165, 1.54) is 12.1 Å². The number of aromatic hydroxyl groups is 1. The number of anilines is 2. The first-order chi connectivity index (χ1) is 9.61. The van der Waals surface area contributed by atoms with Crippen LogP contribution in [0.25, 0.3) is 0 Å². The largest absolute Gasteiger partial charge is 0.506 e. The first kappa shape index (κ1) is 13.9. The van der Waals surface area contributed by atoms with Crippen LogP contribution in [0.5, 0.6) is 5.75 Å². The van der Waals surface area contributed by atoms with Gasteiger partial charge in [-0.2, -0.15) is 0 Å². The normalized spacial score (nSPS) is 10.2. The van der Waals surface area contributed by atoms with E-state index in [0.717, 1.165) is 5.56 Å². The van der Waals surface area contributed by atoms with Gasteiger partial charge >= 0.3 is 0 Å². The molecule has 0 bridgehead atoms. The van der Waals surface area contributed by atoms with Crippen molar-refractivity contribution >= 4 is 17.3 Å². The minimum absolute atomic E-state index is 0.108. The van der Waals surface area contributed by atoms with Gasteiger partial charge in [-0.3, -0.25) is 4.79 Å². The lowest BCUT2D eigenvalue weighted by molar-refractivity contribution is 0.102. The number of carbonyl (C=O) groups is 1. The van der Waals surface area contributed by atoms with Crippen molar-refractivity contribution in [1.82, 2.24) is 0 Å². The summed E-state index contributed by atoms with van der Waals surface area (Å²) in [6.07, 6.45) is 0. The fourth-order valence-electron chi connectivity index (χ4n) is 1.80. The summed E-state index contributed by atoms with van der Waals surface area (Å²) in [7, 11) is 1.59. The molecule has 0 aliphatic carbocycles. The Morgan fingerprint density at radius 2 is 2.05 bits per heavy atom. The van der Waals surface area contributed by atoms with Gasteiger partial charge < -0.3 is 20.9 Å². The number of ether oxygens (including phenoxy) is 1. The zero-order valence-corrected chi connectivity index (χ0v) is 11.1. The average molecular weight is 272 g/mol. The number of nitrogens with one attached hydrogen (secondary N) is 1. The minimum Gasteiger partial charge on any atom is -0.506 e. The van der Waals surface area contributed by atoms with Crippen LogP contribution in [0.15, 0.2) is 42.5 Å². The van der Waals surface area contributed by atoms with Crippen molar-refractivity contribution in [3.63, 3.8) is 0 Å². The molecule has 5 heteroatoms. The molecule has 0 aromatic heterocycles. The molecule has 0 radical (unpaired) electrons. The molecule has 4 N–H and O–H groups in total. The SMILES string of the molecule is COCc1ccccc1NC(=O)c1ccc(N)c(O)c1. The van der Waals surface area contributed by atoms with Crippen LogP contribution in [0.4, 0.5) is 11.4 Å². The van der Waals surface area contributed by atoms with Crippen molar-refractivity contribution in [1.29, 1.82) is 0 Å². The summed E-state index contributed by atoms with van der Waals surface area (Å²) in [5, 5.41) is 12.3. The number of methoxy groups -OCH3 is 1. The van der Waals surface area contributed by atoms with Crippen molar-refractivity contribution < 1.29 is 14.6 Å². The summed E-state index contributed by atoms with van der Waals surface area (Å²) in [5.41, 5.74) is 7.64. The molecule has 5 nitrogen and oxygen atoms in total. The molecule has 2 rings (SSSR count). The van der Waals surface area contributed by atoms with Crippen LogP contribution in [0.3, 0.4) is 0 Å². The summed E-state index contributed by atoms with van der Waals surface area (Å²) in [4.78, 5) is 12.1. The Bertz CT molecular complexity index is 626. The Labute approximate surface area is 117 Å². The van der Waals surface area contributed by atoms with Gasteiger partial charge in [-0.25, -0.2) is 0 Å². The predicted molar refractivity (Wildman–Crippen MR) is 77.6 cm³/mol. The van der Waals surface area contributed by atoms with Gasteiger partial charge in [0.25, 0.3) is 5.91 Å². The Morgan fingerprint density at radius 3 is 2.75 bits per heavy atom. The maximum Gasteiger partial charge on any atom is 0.255 e. The van der Waals surface area contributed by atoms with Crippen molar-refractivity contribution in [2.45, 2.75) is 6.61 Å². The molecule has 2 aromatic carbocycles. The molecule has 20 heavy (non-hydrogen) atoms. The second-order valence-electron chi connectivity index (χ2n) is 4.32. The highest BCUT2D eigenvalue weighted by molar-refractivity contribution is 6.05. The standard InChI is InChI=1S/C15H16N2O3/c1-20-9-11-4-2-3-5-13(11)17-15(19)10-6-7-12(16)14(18)8-10/h2-8,18H,9,16H2,1H3,(H,17,19). The van der Waals surface area contributed by atoms with Gasteiger partial charge in [-0.05, 0) is 24.3 Å². The number of para-hydroxylation sites is 1. The van der Waals surface area contributed by atoms with Gasteiger partial charge in [0, 0.05) is 23.9 Å². The van der Waals surface area contributed by atoms with E-state index in [1.54, 1.807) is 19.2 Å². The molecule has 0 spiro atoms. The minimum atomic E-state index is -0.316. The summed E-state index contributed by atoms with van der Waals surface area (Å²) < 4.78 is 5.08. The third-order valence-corrected chi connectivity index (χ3v) is 2.86. The number of rotatable bonds is 4. The maximum absolute atomic E-state index is 12.1. The number of phenols is 1. The number of carbonyl (C=O) groups excluding carboxylic acids is 1. The van der Waals surface area contributed by atoms with Gasteiger partial charge in [-0.15, -0.1) is 0 Å². The van der Waals surface area contributed by atoms with E-state index in [4.69, 9.17) is 10.5 Å². The highest BCUT2D eigenvalue weighted by Crippen LogP contribution is 2.22. The molecule has 2 aromatic rings. The van der Waals surface area contributed by atoms with Crippen LogP contribution < -0.4 is 11.1 Å². The second kappa shape index (κ2) is 6.08. The summed E-state index contributed by atoms with van der Waals surface area (Å²) >= 11 is 0. The fourth-order valence-corrected chi connectivity index (χ4v) is 1.80. The number of hydrogen-bond donors (Lipinski definition) is 3. The van der Waals surface area contributed by atoms with E-state index in [-0.39, 0.29) is 17.3 Å². The van der Waals surface area contributed by atoms with Crippen LogP contribution in [0, 0.1) is 0 Å². The molecule has 104 valence electrons. The number of nitrogen functional groups attached to an aromatic ring is 1. The molecule has 0 atom stereocenters. The molecule has 0 heterocycles. The fraction of sp³-hybridized carbons (Fsp3) is 0.133. The molecule has 0 saturated carbocycles. The van der Waals surface area contributed by atoms with Gasteiger partial charge in [0.2, 0.25) is 0 Å². The van der Waals surface area contributed by atoms with Gasteiger partial charge in [-0.1, -0.05) is 18.2 Å². The monoisotopic (exact) mass is 272 g/mol. The highest BCUT2D eigenvalue weighted by Gasteiger charge is 2.10. The third kappa shape index (κ3) is 3.07. The Kier molecular flexibility index (Phi) is 4.22. The average Bonchev–Trinajstić information content (AvgIpc) is 2.44. The van der Waals surface area contributed by atoms with Crippen LogP contribution >= 0.6 is 0 Å². The molecule has 0 aliphatic rings. The van der Waals surface area contributed by atoms with Gasteiger partial charge in [0.1, 0.15) is 5.75 Å². The number of amides is 1. The predicted octanol–water partition coefficient (Wildman–Crippen LogP) is 2.37. The molecule has 0 saturated heterocycles. The zero-order chi connectivity index (χ0) is 14.5. The highest BCUT2D eigenvalue weighted by atomic mass is 16.5. The van der Waals surface area contributed by atoms with Crippen molar-refractivity contribution in [2.75, 3.05) is 18.2 Å². The lowest BCUT2D eigenvalue weighted by Crippen LogP contribution is -2.13. The van der Waals surface area contributed by atoms with Crippen LogP contribution in [-0.2, 0) is 11.3 Å². The Balaban J connectivity index is 2.21. The molecule has 1 amide bonds. The Morgan fingerprint density at radius 1 is 1.30 bits per heavy atom. The lowest BCUT2D eigenvalue weighted by atomic mass is 10.1. The number of hydrogen-bond acceptors (Lipinski definition) is 4. The molecule has 0 aliphatic heterocycles. The smallest absolute Gasteiger partial charge is 0.255 e. The van der Waals surface area contributed by atoms with Crippen molar-refractivity contribution in [3.05, 3.63) is 53.6 Å². The van der Waals surface area contributed by atoms with Gasteiger partial charge in [0.15, 0.2) is 0 Å². The zero-order valence-electron chi connectivity index (χ0n) is 11.1. The topological polar surface area (TPSA) is 84.6 Å². The second-order valence-corrected chi connectivity index (χ2v) is 4.32. The lowest BCUT2D eigenvalue weighted by Gasteiger charge is -2.11. The Hall–Kier alpha value is -2.53. The molecule has 0 fully saturated rings. The van der Waals surface area contributed by atoms with E-state index in [2.05, 4.69) is 5.32 Å². The van der Waals surface area contributed by atoms with Crippen molar-refractivity contribution in [2.24, 2.45) is 0 Å². The molecule has 0 unspecified atom stereocenters. The van der Waals surface area contributed by atoms with E-state index >= 15 is 0 Å². The summed E-state index contributed by atoms with van der Waals surface area (Å²) in [5.74, 6) is -0.424. The van der Waals surface area contributed by atoms with Crippen LogP contribution in [0.1, 0.15) is 15.9 Å². The number of benzene rings is 2. The third-order valence-electron chi connectivity index (χ3n) is 2.86. The molecular formula is C15H16N2O3. The van der Waals surface area contributed by atoms with Crippen LogP contribution in [0.2, 0.25) is 0 Å². The van der Waals surface area contributed by atoms with E-state index in [1.807, 2.05) is 18.2 Å². The van der Waals surface area contributed by atoms with Gasteiger partial charge in [0.05, 0.1) is 12.3 Å². The number of phenolic OH excluding ortho intramolecular Hbond substituents is 1. The molecular weight excluding hydrogens is 256 g/mol. The number of nitrogens with two attached hydrogens (primary N) is 1. The van der Waals surface area contributed by atoms with Crippen molar-refractivity contribution in [3.8, 4) is 5.75 Å². The van der Waals surface area contributed by atoms with E-state index < -0.39 is 0 Å². The first-order valence-electron chi connectivity index (χ1n) is 6.08. The maximum atomic E-state index is 12.1. The van der Waals surface area contributed by atoms with E-state index in [0.29, 0.717) is 17.9 Å². The van der Waals surface area contributed by atoms with Crippen LogP contribution in [-0.4, -0.2) is 18.1 Å². The van der Waals surface area contributed by atoms with E-state index in [9.17, 15) is 9.90 Å². The summed E-state index contributed by atoms with van der Waals surface area (Å²) in [6, 6.07) is 11.8. The summed E-state index contributed by atoms with van der Waals surface area (Å²) in [6.45, 7) is 0.406. The first-order valence-corrected chi connectivity index (χ1v) is 6.08. The quantitative estimate of drug-likeness (QED) is 0.589.